The van der Waals surface area contributed by atoms with Gasteiger partial charge in [-0.2, -0.15) is 0 Å². The quantitative estimate of drug-likeness (QED) is 0.484. The zero-order valence-corrected chi connectivity index (χ0v) is 13.1. The maximum Gasteiger partial charge on any atom is 0.233 e. The summed E-state index contributed by atoms with van der Waals surface area (Å²) in [4.78, 5) is 12.3. The standard InChI is InChI=1S/C12H21N5O2S/c1-12(2,3)15(4)17(18)14-19-10-5-7-16(9-10)11-13-6-8-20-11/h6,8,10H,5,7,9H2,1-4H3/b17-14-/t10-/m1/s1. The zero-order chi connectivity index (χ0) is 14.8. The predicted molar refractivity (Wildman–Crippen MR) is 77.4 cm³/mol. The van der Waals surface area contributed by atoms with Crippen LogP contribution in [0.3, 0.4) is 0 Å². The molecular formula is C12H21N5O2S. The van der Waals surface area contributed by atoms with Crippen molar-refractivity contribution in [3.63, 3.8) is 0 Å². The topological polar surface area (TPSA) is 67.0 Å². The summed E-state index contributed by atoms with van der Waals surface area (Å²) < 4.78 is 0. The first kappa shape index (κ1) is 14.8. The van der Waals surface area contributed by atoms with Gasteiger partial charge in [-0.05, 0) is 20.8 Å². The minimum Gasteiger partial charge on any atom is -0.569 e. The molecule has 20 heavy (non-hydrogen) atoms. The van der Waals surface area contributed by atoms with Crippen LogP contribution in [0.25, 0.3) is 0 Å². The van der Waals surface area contributed by atoms with Crippen LogP contribution in [0.15, 0.2) is 16.9 Å². The molecule has 1 aromatic rings. The zero-order valence-electron chi connectivity index (χ0n) is 12.3. The van der Waals surface area contributed by atoms with Crippen LogP contribution in [0.2, 0.25) is 0 Å². The van der Waals surface area contributed by atoms with Crippen molar-refractivity contribution in [1.82, 2.24) is 9.99 Å². The SMILES string of the molecule is CN(/[N+]([O-])=N/O[C@@H]1CCN(c2nccs2)C1)C(C)(C)C. The molecule has 1 fully saturated rings. The summed E-state index contributed by atoms with van der Waals surface area (Å²) in [5.74, 6) is 0. The number of anilines is 1. The van der Waals surface area contributed by atoms with Crippen LogP contribution in [0.5, 0.6) is 0 Å². The third-order valence-electron chi connectivity index (χ3n) is 3.33. The van der Waals surface area contributed by atoms with Gasteiger partial charge in [0.25, 0.3) is 0 Å². The molecule has 0 bridgehead atoms. The molecule has 0 radical (unpaired) electrons. The minimum atomic E-state index is -0.294. The lowest BCUT2D eigenvalue weighted by molar-refractivity contribution is -0.720. The molecule has 7 nitrogen and oxygen atoms in total. The maximum absolute atomic E-state index is 11.8. The monoisotopic (exact) mass is 299 g/mol. The number of hydrogen-bond acceptors (Lipinski definition) is 6. The van der Waals surface area contributed by atoms with E-state index in [9.17, 15) is 5.21 Å². The summed E-state index contributed by atoms with van der Waals surface area (Å²) in [5, 5.41) is 19.9. The van der Waals surface area contributed by atoms with Crippen molar-refractivity contribution in [2.24, 2.45) is 5.28 Å². The van der Waals surface area contributed by atoms with Crippen LogP contribution < -0.4 is 4.90 Å². The highest BCUT2D eigenvalue weighted by atomic mass is 32.1. The van der Waals surface area contributed by atoms with E-state index >= 15 is 0 Å². The largest absolute Gasteiger partial charge is 0.569 e. The predicted octanol–water partition coefficient (Wildman–Crippen LogP) is 2.26. The number of nitrogens with zero attached hydrogens (tertiary/aromatic N) is 5. The first-order valence-corrected chi connectivity index (χ1v) is 7.48. The maximum atomic E-state index is 11.8. The van der Waals surface area contributed by atoms with Gasteiger partial charge in [-0.15, -0.1) is 16.3 Å². The van der Waals surface area contributed by atoms with Gasteiger partial charge in [0.05, 0.1) is 24.1 Å². The first-order valence-electron chi connectivity index (χ1n) is 6.60. The van der Waals surface area contributed by atoms with Crippen LogP contribution in [-0.2, 0) is 4.84 Å². The van der Waals surface area contributed by atoms with Crippen LogP contribution in [0.4, 0.5) is 5.13 Å². The van der Waals surface area contributed by atoms with Gasteiger partial charge in [-0.25, -0.2) is 4.98 Å². The molecule has 0 aromatic carbocycles. The lowest BCUT2D eigenvalue weighted by Crippen LogP contribution is -2.42. The van der Waals surface area contributed by atoms with E-state index in [-0.39, 0.29) is 11.6 Å². The molecule has 0 aliphatic carbocycles. The second kappa shape index (κ2) is 5.82. The fourth-order valence-electron chi connectivity index (χ4n) is 1.78. The minimum absolute atomic E-state index is 0.0660. The highest BCUT2D eigenvalue weighted by molar-refractivity contribution is 7.13. The Kier molecular flexibility index (Phi) is 4.32. The smallest absolute Gasteiger partial charge is 0.233 e. The fraction of sp³-hybridized carbons (Fsp3) is 0.750. The second-order valence-corrected chi connectivity index (χ2v) is 6.68. The molecule has 1 atom stereocenters. The Morgan fingerprint density at radius 2 is 2.35 bits per heavy atom. The van der Waals surface area contributed by atoms with Crippen molar-refractivity contribution < 1.29 is 9.81 Å². The van der Waals surface area contributed by atoms with Gasteiger partial charge in [0.1, 0.15) is 0 Å². The number of hydrogen-bond donors (Lipinski definition) is 0. The summed E-state index contributed by atoms with van der Waals surface area (Å²) in [6.45, 7) is 7.40. The van der Waals surface area contributed by atoms with Gasteiger partial charge in [0, 0.05) is 24.5 Å². The Hall–Kier alpha value is -1.57. The van der Waals surface area contributed by atoms with Crippen molar-refractivity contribution in [2.45, 2.75) is 38.8 Å². The number of rotatable bonds is 4. The van der Waals surface area contributed by atoms with E-state index in [2.05, 4.69) is 15.2 Å². The van der Waals surface area contributed by atoms with E-state index < -0.39 is 0 Å². The van der Waals surface area contributed by atoms with E-state index in [0.29, 0.717) is 11.5 Å². The summed E-state index contributed by atoms with van der Waals surface area (Å²) >= 11 is 1.60. The summed E-state index contributed by atoms with van der Waals surface area (Å²) in [6, 6.07) is 0. The molecule has 1 saturated heterocycles. The first-order chi connectivity index (χ1) is 9.38. The molecule has 0 amide bonds. The highest BCUT2D eigenvalue weighted by Gasteiger charge is 2.28. The summed E-state index contributed by atoms with van der Waals surface area (Å²) in [5.41, 5.74) is -0.294. The van der Waals surface area contributed by atoms with Crippen molar-refractivity contribution >= 4 is 16.5 Å². The number of hydrazine groups is 1. The summed E-state index contributed by atoms with van der Waals surface area (Å²) in [7, 11) is 1.69. The number of thiazole rings is 1. The molecule has 0 saturated carbocycles. The van der Waals surface area contributed by atoms with E-state index in [1.165, 1.54) is 5.01 Å². The highest BCUT2D eigenvalue weighted by Crippen LogP contribution is 2.23. The van der Waals surface area contributed by atoms with E-state index in [4.69, 9.17) is 4.84 Å². The fourth-order valence-corrected chi connectivity index (χ4v) is 2.46. The summed E-state index contributed by atoms with van der Waals surface area (Å²) in [6.07, 6.45) is 2.57. The van der Waals surface area contributed by atoms with Crippen molar-refractivity contribution in [3.05, 3.63) is 16.8 Å². The van der Waals surface area contributed by atoms with E-state index in [1.54, 1.807) is 24.6 Å². The van der Waals surface area contributed by atoms with Gasteiger partial charge in [0.15, 0.2) is 11.2 Å². The molecule has 2 heterocycles. The third kappa shape index (κ3) is 3.50. The Bertz CT molecular complexity index is 457. The third-order valence-corrected chi connectivity index (χ3v) is 4.16. The molecule has 0 N–H and O–H groups in total. The van der Waals surface area contributed by atoms with Gasteiger partial charge < -0.3 is 14.9 Å². The molecule has 0 spiro atoms. The Balaban J connectivity index is 1.86. The van der Waals surface area contributed by atoms with Crippen LogP contribution in [0, 0.1) is 5.21 Å². The van der Waals surface area contributed by atoms with Crippen molar-refractivity contribution in [3.8, 4) is 0 Å². The lowest BCUT2D eigenvalue weighted by Gasteiger charge is -2.26. The molecular weight excluding hydrogens is 278 g/mol. The second-order valence-electron chi connectivity index (χ2n) is 5.81. The molecule has 112 valence electrons. The average molecular weight is 299 g/mol. The molecule has 1 aromatic heterocycles. The Labute approximate surface area is 123 Å². The van der Waals surface area contributed by atoms with Gasteiger partial charge in [-0.1, -0.05) is 0 Å². The molecule has 8 heteroatoms. The average Bonchev–Trinajstić information content (AvgIpc) is 3.04. The van der Waals surface area contributed by atoms with Crippen molar-refractivity contribution in [1.29, 1.82) is 0 Å². The van der Waals surface area contributed by atoms with E-state index in [1.807, 2.05) is 26.2 Å². The number of aromatic nitrogens is 1. The molecule has 2 rings (SSSR count). The van der Waals surface area contributed by atoms with Crippen LogP contribution in [0.1, 0.15) is 27.2 Å². The Morgan fingerprint density at radius 1 is 1.60 bits per heavy atom. The molecule has 1 aliphatic heterocycles. The van der Waals surface area contributed by atoms with Crippen molar-refractivity contribution in [2.75, 3.05) is 25.0 Å². The molecule has 1 aliphatic rings. The lowest BCUT2D eigenvalue weighted by atomic mass is 10.1. The van der Waals surface area contributed by atoms with Crippen LogP contribution in [-0.4, -0.2) is 46.7 Å². The molecule has 0 unspecified atom stereocenters. The Morgan fingerprint density at radius 3 is 2.95 bits per heavy atom. The van der Waals surface area contributed by atoms with Gasteiger partial charge in [0.2, 0.25) is 5.28 Å². The van der Waals surface area contributed by atoms with E-state index in [0.717, 1.165) is 18.1 Å². The van der Waals surface area contributed by atoms with Crippen LogP contribution >= 0.6 is 11.3 Å². The van der Waals surface area contributed by atoms with Gasteiger partial charge in [-0.3, -0.25) is 0 Å². The normalized spacial score (nSPS) is 20.3. The van der Waals surface area contributed by atoms with Gasteiger partial charge >= 0.3 is 0 Å².